The summed E-state index contributed by atoms with van der Waals surface area (Å²) in [5.74, 6) is -0.234. The van der Waals surface area contributed by atoms with Crippen LogP contribution in [0.25, 0.3) is 11.3 Å². The fraction of sp³-hybridized carbons (Fsp3) is 0.0435. The number of carbonyl (C=O) groups is 1. The van der Waals surface area contributed by atoms with Crippen molar-refractivity contribution in [3.8, 4) is 17.3 Å². The number of thioether (sulfide) groups is 1. The second-order valence-corrected chi connectivity index (χ2v) is 8.07. The van der Waals surface area contributed by atoms with Crippen LogP contribution < -0.4 is 10.6 Å². The molecule has 152 valence electrons. The minimum Gasteiger partial charge on any atom is -0.354 e. The number of pyridine rings is 1. The van der Waals surface area contributed by atoms with E-state index in [0.29, 0.717) is 21.3 Å². The minimum atomic E-state index is -0.234. The fourth-order valence-electron chi connectivity index (χ4n) is 2.96. The Labute approximate surface area is 188 Å². The quantitative estimate of drug-likeness (QED) is 0.366. The Morgan fingerprint density at radius 3 is 2.84 bits per heavy atom. The molecule has 0 saturated heterocycles. The summed E-state index contributed by atoms with van der Waals surface area (Å²) in [7, 11) is 0. The SMILES string of the molecule is CSc1ncccc1C(=O)Nc1nc(-c2cccc(Nc3ccccc3C#N)c2)cs1. The highest BCUT2D eigenvalue weighted by Gasteiger charge is 2.14. The van der Waals surface area contributed by atoms with Crippen LogP contribution in [0.3, 0.4) is 0 Å². The molecule has 0 radical (unpaired) electrons. The third kappa shape index (κ3) is 4.74. The lowest BCUT2D eigenvalue weighted by atomic mass is 10.1. The van der Waals surface area contributed by atoms with Crippen LogP contribution in [0, 0.1) is 11.3 Å². The number of hydrogen-bond donors (Lipinski definition) is 2. The molecule has 4 aromatic rings. The van der Waals surface area contributed by atoms with Crippen LogP contribution >= 0.6 is 23.1 Å². The zero-order valence-electron chi connectivity index (χ0n) is 16.5. The monoisotopic (exact) mass is 443 g/mol. The summed E-state index contributed by atoms with van der Waals surface area (Å²) in [4.78, 5) is 21.4. The molecule has 2 aromatic carbocycles. The largest absolute Gasteiger partial charge is 0.354 e. The van der Waals surface area contributed by atoms with Gasteiger partial charge >= 0.3 is 0 Å². The predicted octanol–water partition coefficient (Wildman–Crippen LogP) is 5.79. The summed E-state index contributed by atoms with van der Waals surface area (Å²) in [6, 6.07) is 20.8. The van der Waals surface area contributed by atoms with Gasteiger partial charge in [-0.05, 0) is 42.7 Å². The zero-order chi connectivity index (χ0) is 21.6. The molecule has 6 nitrogen and oxygen atoms in total. The molecule has 0 bridgehead atoms. The number of rotatable bonds is 6. The molecule has 0 aliphatic heterocycles. The van der Waals surface area contributed by atoms with Crippen molar-refractivity contribution in [2.45, 2.75) is 5.03 Å². The number of amides is 1. The normalized spacial score (nSPS) is 10.3. The molecule has 8 heteroatoms. The smallest absolute Gasteiger partial charge is 0.260 e. The van der Waals surface area contributed by atoms with Crippen LogP contribution in [0.4, 0.5) is 16.5 Å². The lowest BCUT2D eigenvalue weighted by Crippen LogP contribution is -2.13. The lowest BCUT2D eigenvalue weighted by Gasteiger charge is -2.09. The maximum absolute atomic E-state index is 12.6. The van der Waals surface area contributed by atoms with Crippen LogP contribution in [0.15, 0.2) is 77.3 Å². The Morgan fingerprint density at radius 1 is 1.13 bits per heavy atom. The molecule has 0 atom stereocenters. The first kappa shape index (κ1) is 20.6. The van der Waals surface area contributed by atoms with E-state index in [1.54, 1.807) is 24.4 Å². The number of nitriles is 1. The Kier molecular flexibility index (Phi) is 6.26. The lowest BCUT2D eigenvalue weighted by molar-refractivity contribution is 0.102. The Hall–Kier alpha value is -3.67. The molecule has 2 aromatic heterocycles. The van der Waals surface area contributed by atoms with Crippen molar-refractivity contribution >= 4 is 45.5 Å². The predicted molar refractivity (Wildman–Crippen MR) is 126 cm³/mol. The van der Waals surface area contributed by atoms with Gasteiger partial charge in [0.05, 0.1) is 22.5 Å². The topological polar surface area (TPSA) is 90.7 Å². The molecule has 0 aliphatic rings. The molecule has 31 heavy (non-hydrogen) atoms. The first-order chi connectivity index (χ1) is 15.2. The summed E-state index contributed by atoms with van der Waals surface area (Å²) in [6.45, 7) is 0. The summed E-state index contributed by atoms with van der Waals surface area (Å²) < 4.78 is 0. The van der Waals surface area contributed by atoms with E-state index < -0.39 is 0 Å². The van der Waals surface area contributed by atoms with Gasteiger partial charge in [-0.1, -0.05) is 24.3 Å². The van der Waals surface area contributed by atoms with Gasteiger partial charge in [-0.25, -0.2) is 9.97 Å². The van der Waals surface area contributed by atoms with Crippen molar-refractivity contribution in [2.75, 3.05) is 16.9 Å². The van der Waals surface area contributed by atoms with E-state index in [1.807, 2.05) is 54.1 Å². The summed E-state index contributed by atoms with van der Waals surface area (Å²) in [5.41, 5.74) is 4.35. The number of hydrogen-bond acceptors (Lipinski definition) is 7. The van der Waals surface area contributed by atoms with Crippen LogP contribution in [0.2, 0.25) is 0 Å². The second-order valence-electron chi connectivity index (χ2n) is 6.42. The van der Waals surface area contributed by atoms with Gasteiger partial charge in [-0.3, -0.25) is 10.1 Å². The summed E-state index contributed by atoms with van der Waals surface area (Å²) in [6.07, 6.45) is 3.55. The number of para-hydroxylation sites is 1. The third-order valence-electron chi connectivity index (χ3n) is 4.42. The van der Waals surface area contributed by atoms with Crippen molar-refractivity contribution < 1.29 is 4.79 Å². The van der Waals surface area contributed by atoms with Gasteiger partial charge in [-0.15, -0.1) is 23.1 Å². The van der Waals surface area contributed by atoms with E-state index >= 15 is 0 Å². The van der Waals surface area contributed by atoms with E-state index in [9.17, 15) is 10.1 Å². The van der Waals surface area contributed by atoms with Crippen molar-refractivity contribution in [3.63, 3.8) is 0 Å². The van der Waals surface area contributed by atoms with Crippen molar-refractivity contribution in [2.24, 2.45) is 0 Å². The molecule has 0 spiro atoms. The Bertz CT molecular complexity index is 1280. The second kappa shape index (κ2) is 9.43. The number of carbonyl (C=O) groups excluding carboxylic acids is 1. The zero-order valence-corrected chi connectivity index (χ0v) is 18.1. The number of nitrogens with one attached hydrogen (secondary N) is 2. The molecule has 0 fully saturated rings. The minimum absolute atomic E-state index is 0.234. The van der Waals surface area contributed by atoms with Crippen molar-refractivity contribution in [1.29, 1.82) is 5.26 Å². The number of nitrogens with zero attached hydrogens (tertiary/aromatic N) is 3. The molecule has 2 heterocycles. The Morgan fingerprint density at radius 2 is 2.00 bits per heavy atom. The van der Waals surface area contributed by atoms with E-state index in [4.69, 9.17) is 0 Å². The molecule has 0 aliphatic carbocycles. The summed E-state index contributed by atoms with van der Waals surface area (Å²) >= 11 is 2.79. The highest BCUT2D eigenvalue weighted by Crippen LogP contribution is 2.29. The van der Waals surface area contributed by atoms with Crippen molar-refractivity contribution in [1.82, 2.24) is 9.97 Å². The highest BCUT2D eigenvalue weighted by molar-refractivity contribution is 7.98. The molecule has 0 saturated carbocycles. The number of anilines is 3. The third-order valence-corrected chi connectivity index (χ3v) is 5.89. The molecule has 4 rings (SSSR count). The van der Waals surface area contributed by atoms with Gasteiger partial charge in [0.25, 0.3) is 5.91 Å². The maximum Gasteiger partial charge on any atom is 0.260 e. The molecule has 2 N–H and O–H groups in total. The summed E-state index contributed by atoms with van der Waals surface area (Å²) in [5, 5.41) is 18.5. The average molecular weight is 444 g/mol. The molecule has 0 unspecified atom stereocenters. The van der Waals surface area contributed by atoms with E-state index in [0.717, 1.165) is 22.6 Å². The van der Waals surface area contributed by atoms with E-state index in [-0.39, 0.29) is 5.91 Å². The first-order valence-electron chi connectivity index (χ1n) is 9.30. The van der Waals surface area contributed by atoms with Gasteiger partial charge in [-0.2, -0.15) is 5.26 Å². The van der Waals surface area contributed by atoms with E-state index in [2.05, 4.69) is 26.7 Å². The van der Waals surface area contributed by atoms with Gasteiger partial charge in [0.1, 0.15) is 11.1 Å². The standard InChI is InChI=1S/C23H17N5OS2/c1-30-22-18(9-5-11-25-22)21(29)28-23-27-20(14-31-23)15-7-4-8-17(12-15)26-19-10-3-2-6-16(19)13-24/h2-12,14,26H,1H3,(H,27,28,29). The van der Waals surface area contributed by atoms with Crippen molar-refractivity contribution in [3.05, 3.63) is 83.4 Å². The first-order valence-corrected chi connectivity index (χ1v) is 11.4. The van der Waals surface area contributed by atoms with Gasteiger partial charge in [0.15, 0.2) is 5.13 Å². The Balaban J connectivity index is 1.52. The van der Waals surface area contributed by atoms with Crippen LogP contribution in [0.5, 0.6) is 0 Å². The fourth-order valence-corrected chi connectivity index (χ4v) is 4.22. The highest BCUT2D eigenvalue weighted by atomic mass is 32.2. The number of benzene rings is 2. The maximum atomic E-state index is 12.6. The molecular weight excluding hydrogens is 426 g/mol. The molecule has 1 amide bonds. The van der Waals surface area contributed by atoms with Gasteiger partial charge in [0, 0.05) is 22.8 Å². The average Bonchev–Trinajstić information content (AvgIpc) is 3.28. The van der Waals surface area contributed by atoms with Crippen LogP contribution in [0.1, 0.15) is 15.9 Å². The number of thiazole rings is 1. The van der Waals surface area contributed by atoms with Gasteiger partial charge < -0.3 is 5.32 Å². The number of aromatic nitrogens is 2. The van der Waals surface area contributed by atoms with Crippen LogP contribution in [-0.4, -0.2) is 22.1 Å². The van der Waals surface area contributed by atoms with Crippen LogP contribution in [-0.2, 0) is 0 Å². The van der Waals surface area contributed by atoms with Gasteiger partial charge in [0.2, 0.25) is 0 Å². The molecular formula is C23H17N5OS2. The van der Waals surface area contributed by atoms with E-state index in [1.165, 1.54) is 23.1 Å².